The van der Waals surface area contributed by atoms with E-state index in [1.807, 2.05) is 0 Å². The maximum atomic E-state index is 8.57. The van der Waals surface area contributed by atoms with Gasteiger partial charge in [0.05, 0.1) is 0 Å². The largest absolute Gasteiger partial charge is 0.348 e. The first-order valence-corrected chi connectivity index (χ1v) is 2.25. The summed E-state index contributed by atoms with van der Waals surface area (Å²) >= 11 is 0. The molecule has 0 spiro atoms. The normalized spacial score (nSPS) is 12.8. The van der Waals surface area contributed by atoms with Crippen LogP contribution >= 0.6 is 8.69 Å². The molecule has 0 saturated heterocycles. The number of rotatable bonds is 0. The molecule has 0 aromatic carbocycles. The van der Waals surface area contributed by atoms with Gasteiger partial charge in [-0.3, -0.25) is 9.99 Å². The van der Waals surface area contributed by atoms with Gasteiger partial charge >= 0.3 is 0 Å². The minimum atomic E-state index is -1.50. The summed E-state index contributed by atoms with van der Waals surface area (Å²) < 4.78 is 8.57. The van der Waals surface area contributed by atoms with E-state index < -0.39 is 8.69 Å². The highest BCUT2D eigenvalue weighted by molar-refractivity contribution is 7.16. The Labute approximate surface area is 36.2 Å². The van der Waals surface area contributed by atoms with Crippen LogP contribution < -0.4 is 5.43 Å². The molecule has 1 unspecified atom stereocenters. The summed E-state index contributed by atoms with van der Waals surface area (Å²) in [6, 6.07) is 0. The Bertz CT molecular complexity index is 58.6. The van der Waals surface area contributed by atoms with Crippen LogP contribution in [0.3, 0.4) is 0 Å². The van der Waals surface area contributed by atoms with E-state index in [4.69, 9.17) is 9.46 Å². The molecule has 0 aromatic rings. The van der Waals surface area contributed by atoms with Crippen molar-refractivity contribution < 1.29 is 9.46 Å². The van der Waals surface area contributed by atoms with Gasteiger partial charge in [0, 0.05) is 0 Å². The van der Waals surface area contributed by atoms with Crippen LogP contribution in [0.5, 0.6) is 0 Å². The Morgan fingerprint density at radius 1 is 2.00 bits per heavy atom. The summed E-state index contributed by atoms with van der Waals surface area (Å²) in [7, 11) is -1.50. The lowest BCUT2D eigenvalue weighted by atomic mass is 11.6. The number of nitrogens with one attached hydrogen (secondary N) is 1. The summed E-state index contributed by atoms with van der Waals surface area (Å²) in [4.78, 5) is 7.10. The quantitative estimate of drug-likeness (QED) is 0.398. The Balaban J connectivity index is 0.0000000833. The van der Waals surface area contributed by atoms with Gasteiger partial charge in [0.25, 0.3) is 0 Å². The molecule has 4 nitrogen and oxygen atoms in total. The van der Waals surface area contributed by atoms with Crippen LogP contribution in [0.15, 0.2) is 5.10 Å². The molecule has 0 aliphatic carbocycles. The molecule has 0 bridgehead atoms. The van der Waals surface area contributed by atoms with Crippen LogP contribution in [-0.2, 0) is 4.57 Å². The minimum Gasteiger partial charge on any atom is -0.348 e. The standard InChI is InChI=1S/CH2N2.H3O2P/c1-2-3-1;1-3-2/h1H,(H,2,3);3H2,(H,1,2). The van der Waals surface area contributed by atoms with Crippen LogP contribution in [0.1, 0.15) is 0 Å². The van der Waals surface area contributed by atoms with E-state index in [1.54, 1.807) is 6.34 Å². The van der Waals surface area contributed by atoms with Crippen molar-refractivity contribution in [1.82, 2.24) is 5.43 Å². The molecule has 1 aliphatic rings. The summed E-state index contributed by atoms with van der Waals surface area (Å²) in [5, 5.41) is 3.38. The third-order valence-corrected chi connectivity index (χ3v) is 0.129. The molecule has 5 heteroatoms. The monoisotopic (exact) mass is 108 g/mol. The molecule has 0 amide bonds. The zero-order valence-electron chi connectivity index (χ0n) is 2.96. The molecular weight excluding hydrogens is 103 g/mol. The Morgan fingerprint density at radius 3 is 2.17 bits per heavy atom. The number of hydrogen-bond donors (Lipinski definition) is 2. The Hall–Kier alpha value is -0.340. The molecule has 0 radical (unpaired) electrons. The average molecular weight is 108 g/mol. The average Bonchev–Trinajstić information content (AvgIpc) is 2.11. The van der Waals surface area contributed by atoms with E-state index in [0.29, 0.717) is 0 Å². The van der Waals surface area contributed by atoms with Crippen molar-refractivity contribution in [2.45, 2.75) is 0 Å². The summed E-state index contributed by atoms with van der Waals surface area (Å²) in [5.41, 5.74) is 2.50. The first-order valence-electron chi connectivity index (χ1n) is 1.26. The summed E-state index contributed by atoms with van der Waals surface area (Å²) in [5.74, 6) is 0. The van der Waals surface area contributed by atoms with Crippen LogP contribution in [-0.4, -0.2) is 11.2 Å². The number of hydrazone groups is 1. The molecule has 36 valence electrons. The molecular formula is CH5N2O2P. The molecule has 1 heterocycles. The van der Waals surface area contributed by atoms with Crippen molar-refractivity contribution >= 4 is 15.0 Å². The van der Waals surface area contributed by atoms with Gasteiger partial charge in [-0.2, -0.15) is 5.10 Å². The van der Waals surface area contributed by atoms with Crippen molar-refractivity contribution in [3.8, 4) is 0 Å². The van der Waals surface area contributed by atoms with Gasteiger partial charge in [0.2, 0.25) is 0 Å². The highest BCUT2D eigenvalue weighted by Crippen LogP contribution is 1.66. The second-order valence-electron chi connectivity index (χ2n) is 0.493. The Kier molecular flexibility index (Phi) is 4.40. The fraction of sp³-hybridized carbons (Fsp3) is 0. The highest BCUT2D eigenvalue weighted by Gasteiger charge is 1.71. The first-order chi connectivity index (χ1) is 2.91. The van der Waals surface area contributed by atoms with Gasteiger partial charge < -0.3 is 4.89 Å². The molecule has 6 heavy (non-hydrogen) atoms. The van der Waals surface area contributed by atoms with E-state index in [1.165, 1.54) is 0 Å². The van der Waals surface area contributed by atoms with Gasteiger partial charge in [-0.1, -0.05) is 0 Å². The second-order valence-corrected chi connectivity index (χ2v) is 0.704. The number of nitrogens with zero attached hydrogens (tertiary/aromatic N) is 1. The molecule has 0 saturated carbocycles. The number of hydrogen-bond acceptors (Lipinski definition) is 3. The summed E-state index contributed by atoms with van der Waals surface area (Å²) in [6.45, 7) is 0. The summed E-state index contributed by atoms with van der Waals surface area (Å²) in [6.07, 6.45) is 1.62. The predicted octanol–water partition coefficient (Wildman–Crippen LogP) is -0.817. The van der Waals surface area contributed by atoms with Crippen molar-refractivity contribution in [3.63, 3.8) is 0 Å². The minimum absolute atomic E-state index is 1.50. The van der Waals surface area contributed by atoms with Crippen molar-refractivity contribution in [2.24, 2.45) is 5.10 Å². The van der Waals surface area contributed by atoms with Crippen LogP contribution in [0.25, 0.3) is 0 Å². The van der Waals surface area contributed by atoms with Gasteiger partial charge in [-0.25, -0.2) is 0 Å². The fourth-order valence-corrected chi connectivity index (χ4v) is 0. The lowest BCUT2D eigenvalue weighted by Crippen LogP contribution is -1.61. The molecule has 1 atom stereocenters. The smallest absolute Gasteiger partial charge is 0.177 e. The van der Waals surface area contributed by atoms with E-state index >= 15 is 0 Å². The van der Waals surface area contributed by atoms with Crippen LogP contribution in [0.2, 0.25) is 0 Å². The topological polar surface area (TPSA) is 71.6 Å². The van der Waals surface area contributed by atoms with E-state index in [-0.39, 0.29) is 0 Å². The van der Waals surface area contributed by atoms with Gasteiger partial charge in [-0.05, 0) is 0 Å². The lowest BCUT2D eigenvalue weighted by molar-refractivity contribution is 0.524. The maximum absolute atomic E-state index is 8.57. The molecule has 2 N–H and O–H groups in total. The van der Waals surface area contributed by atoms with Gasteiger partial charge in [0.15, 0.2) is 8.69 Å². The third-order valence-electron chi connectivity index (χ3n) is 0.129. The molecule has 1 aliphatic heterocycles. The van der Waals surface area contributed by atoms with Crippen LogP contribution in [0, 0.1) is 0 Å². The predicted molar refractivity (Wildman–Crippen MR) is 24.2 cm³/mol. The lowest BCUT2D eigenvalue weighted by Gasteiger charge is -1.33. The Morgan fingerprint density at radius 2 is 2.17 bits per heavy atom. The van der Waals surface area contributed by atoms with E-state index in [9.17, 15) is 0 Å². The zero-order valence-corrected chi connectivity index (χ0v) is 4.11. The first kappa shape index (κ1) is 5.66. The third kappa shape index (κ3) is 59.5. The van der Waals surface area contributed by atoms with E-state index in [0.717, 1.165) is 0 Å². The van der Waals surface area contributed by atoms with Gasteiger partial charge in [-0.15, -0.1) is 0 Å². The van der Waals surface area contributed by atoms with Crippen LogP contribution in [0.4, 0.5) is 0 Å². The molecule has 1 rings (SSSR count). The van der Waals surface area contributed by atoms with Crippen molar-refractivity contribution in [1.29, 1.82) is 0 Å². The zero-order chi connectivity index (χ0) is 4.83. The second kappa shape index (κ2) is 4.66. The highest BCUT2D eigenvalue weighted by atomic mass is 31.1. The SMILES string of the molecule is C1=NN1.O=[PH2]O. The maximum Gasteiger partial charge on any atom is 0.177 e. The molecule has 0 aromatic heterocycles. The fourth-order valence-electron chi connectivity index (χ4n) is 0. The van der Waals surface area contributed by atoms with Crippen molar-refractivity contribution in [3.05, 3.63) is 0 Å². The van der Waals surface area contributed by atoms with Crippen molar-refractivity contribution in [2.75, 3.05) is 0 Å². The van der Waals surface area contributed by atoms with Gasteiger partial charge in [0.1, 0.15) is 6.34 Å². The van der Waals surface area contributed by atoms with E-state index in [2.05, 4.69) is 10.5 Å². The molecule has 0 fully saturated rings.